The van der Waals surface area contributed by atoms with Crippen LogP contribution < -0.4 is 10.4 Å². The van der Waals surface area contributed by atoms with Crippen molar-refractivity contribution in [2.45, 2.75) is 37.1 Å². The van der Waals surface area contributed by atoms with Crippen molar-refractivity contribution < 1.29 is 39.4 Å². The van der Waals surface area contributed by atoms with Crippen molar-refractivity contribution in [3.05, 3.63) is 51.3 Å². The zero-order valence-corrected chi connectivity index (χ0v) is 16.9. The Labute approximate surface area is 180 Å². The average Bonchev–Trinajstić information content (AvgIpc) is 2.76. The third-order valence-corrected chi connectivity index (χ3v) is 5.73. The van der Waals surface area contributed by atoms with Crippen LogP contribution in [0, 0.1) is 0 Å². The van der Waals surface area contributed by atoms with E-state index >= 15 is 0 Å². The van der Waals surface area contributed by atoms with Gasteiger partial charge in [-0.1, -0.05) is 29.8 Å². The number of rotatable bonds is 5. The van der Waals surface area contributed by atoms with Gasteiger partial charge in [0.25, 0.3) is 0 Å². The minimum atomic E-state index is -1.62. The molecule has 0 aliphatic carbocycles. The number of benzene rings is 2. The van der Waals surface area contributed by atoms with E-state index in [1.165, 1.54) is 6.07 Å². The zero-order valence-electron chi connectivity index (χ0n) is 16.1. The van der Waals surface area contributed by atoms with Gasteiger partial charge in [-0.05, 0) is 24.1 Å². The van der Waals surface area contributed by atoms with Crippen molar-refractivity contribution in [1.82, 2.24) is 0 Å². The van der Waals surface area contributed by atoms with Gasteiger partial charge in [0.05, 0.1) is 12.0 Å². The summed E-state index contributed by atoms with van der Waals surface area (Å²) in [7, 11) is 0. The molecule has 0 saturated carbocycles. The van der Waals surface area contributed by atoms with Gasteiger partial charge < -0.3 is 39.4 Å². The fourth-order valence-corrected chi connectivity index (χ4v) is 4.02. The van der Waals surface area contributed by atoms with E-state index in [9.17, 15) is 30.3 Å². The maximum atomic E-state index is 12.7. The summed E-state index contributed by atoms with van der Waals surface area (Å²) in [5.41, 5.74) is 0.0780. The maximum Gasteiger partial charge on any atom is 0.344 e. The topological polar surface area (TPSA) is 150 Å². The number of fused-ring (bicyclic) bond motifs is 3. The molecule has 1 fully saturated rings. The molecule has 5 N–H and O–H groups in total. The molecule has 10 heteroatoms. The molecule has 1 aromatic heterocycles. The van der Waals surface area contributed by atoms with Crippen LogP contribution in [0.4, 0.5) is 0 Å². The van der Waals surface area contributed by atoms with Crippen LogP contribution in [0.3, 0.4) is 0 Å². The first-order valence-corrected chi connectivity index (χ1v) is 10.00. The van der Waals surface area contributed by atoms with Gasteiger partial charge in [0.2, 0.25) is 6.29 Å². The standard InChI is InChI=1S/C21H21ClO9/c22-15-12(29-21-18(27)17(26)16(25)13(8-24)30-21)5-4-11-10-3-1-2-9(6-7-23)14(10)20(28)31-19(11)15/h1-5,13,16-18,21,23-27H,6-8H2/t13-,16-,17+,18-,21-/m1/s1. The minimum absolute atomic E-state index is 0.00695. The molecule has 2 aromatic carbocycles. The normalized spacial score (nSPS) is 26.5. The van der Waals surface area contributed by atoms with Gasteiger partial charge >= 0.3 is 5.63 Å². The second-order valence-electron chi connectivity index (χ2n) is 7.27. The molecule has 1 aliphatic heterocycles. The Hall–Kier alpha value is -2.24. The fraction of sp³-hybridized carbons (Fsp3) is 0.381. The second-order valence-corrected chi connectivity index (χ2v) is 7.65. The first-order chi connectivity index (χ1) is 14.9. The SMILES string of the molecule is O=c1oc2c(Cl)c(O[C@@H]3O[C@H](CO)[C@@H](O)[C@H](O)[C@H]3O)ccc2c2cccc(CCO)c12. The molecule has 0 bridgehead atoms. The lowest BCUT2D eigenvalue weighted by Crippen LogP contribution is -2.60. The van der Waals surface area contributed by atoms with Crippen LogP contribution in [-0.4, -0.2) is 69.5 Å². The number of aliphatic hydroxyl groups excluding tert-OH is 5. The zero-order chi connectivity index (χ0) is 22.3. The highest BCUT2D eigenvalue weighted by molar-refractivity contribution is 6.37. The molecule has 0 amide bonds. The summed E-state index contributed by atoms with van der Waals surface area (Å²) in [5.74, 6) is 0.00695. The van der Waals surface area contributed by atoms with Crippen LogP contribution in [0.2, 0.25) is 5.02 Å². The molecule has 5 atom stereocenters. The van der Waals surface area contributed by atoms with E-state index < -0.39 is 42.9 Å². The molecule has 4 rings (SSSR count). The molecular weight excluding hydrogens is 432 g/mol. The van der Waals surface area contributed by atoms with Crippen molar-refractivity contribution in [3.63, 3.8) is 0 Å². The molecule has 1 aliphatic rings. The highest BCUT2D eigenvalue weighted by Gasteiger charge is 2.45. The Balaban J connectivity index is 1.77. The predicted octanol–water partition coefficient (Wildman–Crippen LogP) is 0.313. The van der Waals surface area contributed by atoms with E-state index in [2.05, 4.69) is 0 Å². The molecule has 9 nitrogen and oxygen atoms in total. The van der Waals surface area contributed by atoms with Crippen LogP contribution in [0.15, 0.2) is 39.5 Å². The lowest BCUT2D eigenvalue weighted by molar-refractivity contribution is -0.277. The van der Waals surface area contributed by atoms with E-state index in [4.69, 9.17) is 25.5 Å². The summed E-state index contributed by atoms with van der Waals surface area (Å²) in [6.07, 6.45) is -7.04. The minimum Gasteiger partial charge on any atom is -0.460 e. The van der Waals surface area contributed by atoms with Gasteiger partial charge in [0, 0.05) is 17.4 Å². The Bertz CT molecular complexity index is 1160. The van der Waals surface area contributed by atoms with Gasteiger partial charge in [-0.3, -0.25) is 0 Å². The highest BCUT2D eigenvalue weighted by Crippen LogP contribution is 2.37. The van der Waals surface area contributed by atoms with Crippen molar-refractivity contribution in [1.29, 1.82) is 0 Å². The molecule has 2 heterocycles. The van der Waals surface area contributed by atoms with E-state index in [0.717, 1.165) is 0 Å². The van der Waals surface area contributed by atoms with Gasteiger partial charge in [0.1, 0.15) is 35.2 Å². The molecule has 166 valence electrons. The van der Waals surface area contributed by atoms with Crippen LogP contribution in [0.1, 0.15) is 5.56 Å². The second kappa shape index (κ2) is 8.71. The maximum absolute atomic E-state index is 12.7. The number of ether oxygens (including phenoxy) is 2. The Morgan fingerprint density at radius 1 is 1.00 bits per heavy atom. The number of hydrogen-bond donors (Lipinski definition) is 5. The first kappa shape index (κ1) is 22.0. The third kappa shape index (κ3) is 3.79. The van der Waals surface area contributed by atoms with Gasteiger partial charge in [-0.15, -0.1) is 0 Å². The third-order valence-electron chi connectivity index (χ3n) is 5.37. The fourth-order valence-electron chi connectivity index (χ4n) is 3.77. The lowest BCUT2D eigenvalue weighted by atomic mass is 9.99. The Morgan fingerprint density at radius 3 is 2.48 bits per heavy atom. The van der Waals surface area contributed by atoms with Crippen molar-refractivity contribution >= 4 is 33.3 Å². The summed E-state index contributed by atoms with van der Waals surface area (Å²) in [4.78, 5) is 12.7. The van der Waals surface area contributed by atoms with Crippen LogP contribution in [0.5, 0.6) is 5.75 Å². The van der Waals surface area contributed by atoms with Gasteiger partial charge in [0.15, 0.2) is 5.58 Å². The predicted molar refractivity (Wildman–Crippen MR) is 110 cm³/mol. The Kier molecular flexibility index (Phi) is 6.18. The summed E-state index contributed by atoms with van der Waals surface area (Å²) in [5, 5.41) is 50.0. The van der Waals surface area contributed by atoms with Crippen LogP contribution >= 0.6 is 11.6 Å². The largest absolute Gasteiger partial charge is 0.460 e. The lowest BCUT2D eigenvalue weighted by Gasteiger charge is -2.39. The van der Waals surface area contributed by atoms with Crippen molar-refractivity contribution in [3.8, 4) is 5.75 Å². The molecule has 0 unspecified atom stereocenters. The number of hydrogen-bond acceptors (Lipinski definition) is 9. The Morgan fingerprint density at radius 2 is 1.77 bits per heavy atom. The molecular formula is C21H21ClO9. The monoisotopic (exact) mass is 452 g/mol. The van der Waals surface area contributed by atoms with Gasteiger partial charge in [-0.2, -0.15) is 0 Å². The quantitative estimate of drug-likeness (QED) is 0.272. The average molecular weight is 453 g/mol. The summed E-state index contributed by atoms with van der Waals surface area (Å²) < 4.78 is 16.4. The first-order valence-electron chi connectivity index (χ1n) is 9.62. The smallest absolute Gasteiger partial charge is 0.344 e. The number of aliphatic hydroxyl groups is 5. The summed E-state index contributed by atoms with van der Waals surface area (Å²) in [6.45, 7) is -0.726. The molecule has 31 heavy (non-hydrogen) atoms. The van der Waals surface area contributed by atoms with E-state index in [1.54, 1.807) is 24.3 Å². The van der Waals surface area contributed by atoms with E-state index in [-0.39, 0.29) is 23.0 Å². The summed E-state index contributed by atoms with van der Waals surface area (Å²) in [6, 6.07) is 8.35. The van der Waals surface area contributed by atoms with Crippen LogP contribution in [0.25, 0.3) is 21.7 Å². The van der Waals surface area contributed by atoms with E-state index in [0.29, 0.717) is 28.1 Å². The van der Waals surface area contributed by atoms with Crippen molar-refractivity contribution in [2.24, 2.45) is 0 Å². The van der Waals surface area contributed by atoms with Crippen molar-refractivity contribution in [2.75, 3.05) is 13.2 Å². The van der Waals surface area contributed by atoms with E-state index in [1.807, 2.05) is 0 Å². The molecule has 1 saturated heterocycles. The highest BCUT2D eigenvalue weighted by atomic mass is 35.5. The van der Waals surface area contributed by atoms with Gasteiger partial charge in [-0.25, -0.2) is 4.79 Å². The molecule has 0 radical (unpaired) electrons. The molecule has 3 aromatic rings. The molecule has 0 spiro atoms. The summed E-state index contributed by atoms with van der Waals surface area (Å²) >= 11 is 6.42. The van der Waals surface area contributed by atoms with Crippen LogP contribution in [-0.2, 0) is 11.2 Å². The number of halogens is 1.